The fraction of sp³-hybridized carbons (Fsp3) is 0.158. The van der Waals surface area contributed by atoms with Crippen LogP contribution in [0.4, 0.5) is 10.5 Å². The maximum Gasteiger partial charge on any atom is 0.320 e. The number of anilines is 1. The van der Waals surface area contributed by atoms with E-state index in [1.54, 1.807) is 13.3 Å². The minimum atomic E-state index is -0.445. The van der Waals surface area contributed by atoms with Crippen LogP contribution in [0.5, 0.6) is 5.75 Å². The van der Waals surface area contributed by atoms with Crippen molar-refractivity contribution in [3.8, 4) is 5.75 Å². The van der Waals surface area contributed by atoms with Crippen LogP contribution in [0.2, 0.25) is 0 Å². The van der Waals surface area contributed by atoms with Crippen LogP contribution in [0.1, 0.15) is 17.4 Å². The summed E-state index contributed by atoms with van der Waals surface area (Å²) in [5, 5.41) is 5.82. The van der Waals surface area contributed by atoms with Gasteiger partial charge in [-0.2, -0.15) is 0 Å². The third-order valence-electron chi connectivity index (χ3n) is 3.87. The molecule has 0 aliphatic carbocycles. The summed E-state index contributed by atoms with van der Waals surface area (Å²) in [5.74, 6) is 1.41. The molecule has 1 heterocycles. The lowest BCUT2D eigenvalue weighted by Gasteiger charge is -2.21. The SMILES string of the molecule is COc1ccccc1C(NC(=O)Nc1ccccc1)c1nccn1C. The molecular weight excluding hydrogens is 316 g/mol. The second-order valence-corrected chi connectivity index (χ2v) is 5.54. The van der Waals surface area contributed by atoms with E-state index >= 15 is 0 Å². The fourth-order valence-electron chi connectivity index (χ4n) is 2.66. The minimum Gasteiger partial charge on any atom is -0.496 e. The predicted molar refractivity (Wildman–Crippen MR) is 96.6 cm³/mol. The van der Waals surface area contributed by atoms with E-state index < -0.39 is 6.04 Å². The highest BCUT2D eigenvalue weighted by Crippen LogP contribution is 2.29. The second-order valence-electron chi connectivity index (χ2n) is 5.54. The van der Waals surface area contributed by atoms with E-state index in [0.717, 1.165) is 11.3 Å². The zero-order chi connectivity index (χ0) is 17.6. The van der Waals surface area contributed by atoms with Crippen LogP contribution in [-0.4, -0.2) is 22.7 Å². The molecule has 128 valence electrons. The van der Waals surface area contributed by atoms with Crippen molar-refractivity contribution >= 4 is 11.7 Å². The predicted octanol–water partition coefficient (Wildman–Crippen LogP) is 3.34. The van der Waals surface area contributed by atoms with E-state index in [-0.39, 0.29) is 6.03 Å². The number of urea groups is 1. The van der Waals surface area contributed by atoms with E-state index in [9.17, 15) is 4.79 Å². The maximum absolute atomic E-state index is 12.5. The first-order chi connectivity index (χ1) is 12.2. The molecule has 0 saturated carbocycles. The first-order valence-electron chi connectivity index (χ1n) is 7.91. The molecule has 0 aliphatic rings. The van der Waals surface area contributed by atoms with Gasteiger partial charge >= 0.3 is 6.03 Å². The molecule has 2 aromatic carbocycles. The average molecular weight is 336 g/mol. The average Bonchev–Trinajstić information content (AvgIpc) is 3.06. The van der Waals surface area contributed by atoms with Gasteiger partial charge in [-0.25, -0.2) is 9.78 Å². The first-order valence-corrected chi connectivity index (χ1v) is 7.91. The van der Waals surface area contributed by atoms with Gasteiger partial charge in [0.15, 0.2) is 0 Å². The summed E-state index contributed by atoms with van der Waals surface area (Å²) in [6.45, 7) is 0. The number of aryl methyl sites for hydroxylation is 1. The van der Waals surface area contributed by atoms with Gasteiger partial charge in [-0.05, 0) is 18.2 Å². The van der Waals surface area contributed by atoms with E-state index in [0.29, 0.717) is 11.6 Å². The summed E-state index contributed by atoms with van der Waals surface area (Å²) in [6, 6.07) is 16.1. The second kappa shape index (κ2) is 7.53. The number of nitrogens with one attached hydrogen (secondary N) is 2. The van der Waals surface area contributed by atoms with Gasteiger partial charge in [0.1, 0.15) is 17.6 Å². The van der Waals surface area contributed by atoms with Crippen molar-refractivity contribution in [2.45, 2.75) is 6.04 Å². The standard InChI is InChI=1S/C19H20N4O2/c1-23-13-12-20-18(23)17(15-10-6-7-11-16(15)25-2)22-19(24)21-14-8-4-3-5-9-14/h3-13,17H,1-2H3,(H2,21,22,24). The molecule has 0 bridgehead atoms. The number of aromatic nitrogens is 2. The number of rotatable bonds is 5. The molecule has 3 aromatic rings. The Morgan fingerprint density at radius 3 is 2.52 bits per heavy atom. The number of methoxy groups -OCH3 is 1. The van der Waals surface area contributed by atoms with Crippen LogP contribution < -0.4 is 15.4 Å². The van der Waals surface area contributed by atoms with Gasteiger partial charge in [0.2, 0.25) is 0 Å². The fourth-order valence-corrected chi connectivity index (χ4v) is 2.66. The molecule has 1 unspecified atom stereocenters. The molecule has 0 saturated heterocycles. The molecule has 0 radical (unpaired) electrons. The molecule has 6 heteroatoms. The smallest absolute Gasteiger partial charge is 0.320 e. The molecule has 25 heavy (non-hydrogen) atoms. The van der Waals surface area contributed by atoms with Crippen LogP contribution in [0.15, 0.2) is 67.0 Å². The zero-order valence-corrected chi connectivity index (χ0v) is 14.1. The maximum atomic E-state index is 12.5. The number of carbonyl (C=O) groups is 1. The Hall–Kier alpha value is -3.28. The number of nitrogens with zero attached hydrogens (tertiary/aromatic N) is 2. The van der Waals surface area contributed by atoms with Crippen LogP contribution >= 0.6 is 0 Å². The van der Waals surface area contributed by atoms with Crippen molar-refractivity contribution in [3.05, 3.63) is 78.4 Å². The number of ether oxygens (including phenoxy) is 1. The van der Waals surface area contributed by atoms with Crippen LogP contribution in [0.3, 0.4) is 0 Å². The van der Waals surface area contributed by atoms with Crippen LogP contribution in [0.25, 0.3) is 0 Å². The molecule has 0 aliphatic heterocycles. The summed E-state index contributed by atoms with van der Waals surface area (Å²) >= 11 is 0. The molecule has 3 rings (SSSR count). The lowest BCUT2D eigenvalue weighted by Crippen LogP contribution is -2.34. The van der Waals surface area contributed by atoms with Gasteiger partial charge in [0.05, 0.1) is 7.11 Å². The molecule has 1 aromatic heterocycles. The molecule has 0 spiro atoms. The molecule has 2 N–H and O–H groups in total. The van der Waals surface area contributed by atoms with Crippen molar-refractivity contribution in [1.29, 1.82) is 0 Å². The number of carbonyl (C=O) groups excluding carboxylic acids is 1. The minimum absolute atomic E-state index is 0.315. The quantitative estimate of drug-likeness (QED) is 0.751. The number of benzene rings is 2. The molecule has 2 amide bonds. The lowest BCUT2D eigenvalue weighted by molar-refractivity contribution is 0.249. The molecule has 0 fully saturated rings. The number of para-hydroxylation sites is 2. The monoisotopic (exact) mass is 336 g/mol. The third kappa shape index (κ3) is 3.80. The molecule has 1 atom stereocenters. The number of hydrogen-bond donors (Lipinski definition) is 2. The number of amides is 2. The molecular formula is C19H20N4O2. The Balaban J connectivity index is 1.90. The molecule has 6 nitrogen and oxygen atoms in total. The Kier molecular flexibility index (Phi) is 4.99. The van der Waals surface area contributed by atoms with Crippen molar-refractivity contribution < 1.29 is 9.53 Å². The summed E-state index contributed by atoms with van der Waals surface area (Å²) in [4.78, 5) is 16.9. The van der Waals surface area contributed by atoms with Gasteiger partial charge < -0.3 is 19.9 Å². The third-order valence-corrected chi connectivity index (χ3v) is 3.87. The van der Waals surface area contributed by atoms with Crippen LogP contribution in [-0.2, 0) is 7.05 Å². The Morgan fingerprint density at radius 2 is 1.84 bits per heavy atom. The Morgan fingerprint density at radius 1 is 1.12 bits per heavy atom. The lowest BCUT2D eigenvalue weighted by atomic mass is 10.0. The van der Waals surface area contributed by atoms with Crippen LogP contribution in [0, 0.1) is 0 Å². The highest BCUT2D eigenvalue weighted by Gasteiger charge is 2.23. The summed E-state index contributed by atoms with van der Waals surface area (Å²) in [5.41, 5.74) is 1.56. The summed E-state index contributed by atoms with van der Waals surface area (Å²) < 4.78 is 7.33. The normalized spacial score (nSPS) is 11.6. The van der Waals surface area contributed by atoms with E-state index in [2.05, 4.69) is 15.6 Å². The first kappa shape index (κ1) is 16.6. The Bertz CT molecular complexity index is 845. The highest BCUT2D eigenvalue weighted by molar-refractivity contribution is 5.89. The Labute approximate surface area is 146 Å². The zero-order valence-electron chi connectivity index (χ0n) is 14.1. The number of hydrogen-bond acceptors (Lipinski definition) is 3. The number of imidazole rings is 1. The highest BCUT2D eigenvalue weighted by atomic mass is 16.5. The van der Waals surface area contributed by atoms with E-state index in [1.165, 1.54) is 0 Å². The topological polar surface area (TPSA) is 68.2 Å². The van der Waals surface area contributed by atoms with E-state index in [4.69, 9.17) is 4.74 Å². The van der Waals surface area contributed by atoms with Crippen molar-refractivity contribution in [2.75, 3.05) is 12.4 Å². The van der Waals surface area contributed by atoms with Crippen molar-refractivity contribution in [2.24, 2.45) is 7.05 Å². The summed E-state index contributed by atoms with van der Waals surface area (Å²) in [6.07, 6.45) is 3.54. The van der Waals surface area contributed by atoms with Gasteiger partial charge in [-0.1, -0.05) is 36.4 Å². The van der Waals surface area contributed by atoms with Crippen molar-refractivity contribution in [3.63, 3.8) is 0 Å². The van der Waals surface area contributed by atoms with Gasteiger partial charge in [0.25, 0.3) is 0 Å². The van der Waals surface area contributed by atoms with Crippen molar-refractivity contribution in [1.82, 2.24) is 14.9 Å². The van der Waals surface area contributed by atoms with E-state index in [1.807, 2.05) is 72.4 Å². The summed E-state index contributed by atoms with van der Waals surface area (Å²) in [7, 11) is 3.50. The van der Waals surface area contributed by atoms with Gasteiger partial charge in [-0.3, -0.25) is 0 Å². The largest absolute Gasteiger partial charge is 0.496 e. The van der Waals surface area contributed by atoms with Gasteiger partial charge in [-0.15, -0.1) is 0 Å². The van der Waals surface area contributed by atoms with Gasteiger partial charge in [0, 0.05) is 30.7 Å².